The van der Waals surface area contributed by atoms with Crippen molar-refractivity contribution in [1.82, 2.24) is 9.62 Å². The monoisotopic (exact) mass is 490 g/mol. The summed E-state index contributed by atoms with van der Waals surface area (Å²) in [5.74, 6) is 0.552. The number of hydrogen-bond donors (Lipinski definition) is 1. The fourth-order valence-electron chi connectivity index (χ4n) is 5.59. The Kier molecular flexibility index (Phi) is 7.41. The number of carbonyl (C=O) groups is 1. The summed E-state index contributed by atoms with van der Waals surface area (Å²) in [5.41, 5.74) is -0.0227. The Balaban J connectivity index is 1.47. The number of likely N-dealkylation sites (tertiary alicyclic amines) is 1. The summed E-state index contributed by atoms with van der Waals surface area (Å²) in [7, 11) is -3.55. The van der Waals surface area contributed by atoms with Gasteiger partial charge in [0.1, 0.15) is 5.60 Å². The first-order chi connectivity index (χ1) is 16.1. The number of piperidine rings is 1. The Morgan fingerprint density at radius 3 is 2.50 bits per heavy atom. The van der Waals surface area contributed by atoms with E-state index in [1.54, 1.807) is 11.0 Å². The summed E-state index contributed by atoms with van der Waals surface area (Å²) in [6.07, 6.45) is 7.32. The van der Waals surface area contributed by atoms with E-state index >= 15 is 0 Å². The SMILES string of the molecule is CC(C)(C)OC(=O)N1CCCC2(CC=CS(=O)(=O)N2)C1COC1CCC(c2ccccc2)CC1. The molecule has 34 heavy (non-hydrogen) atoms. The largest absolute Gasteiger partial charge is 0.444 e. The van der Waals surface area contributed by atoms with Crippen molar-refractivity contribution < 1.29 is 22.7 Å². The summed E-state index contributed by atoms with van der Waals surface area (Å²) in [4.78, 5) is 14.8. The van der Waals surface area contributed by atoms with Crippen LogP contribution >= 0.6 is 0 Å². The summed E-state index contributed by atoms with van der Waals surface area (Å²) in [6.45, 7) is 6.33. The third kappa shape index (κ3) is 6.01. The van der Waals surface area contributed by atoms with Crippen LogP contribution in [0.1, 0.15) is 77.2 Å². The zero-order valence-corrected chi connectivity index (χ0v) is 21.4. The van der Waals surface area contributed by atoms with Gasteiger partial charge in [0.15, 0.2) is 0 Å². The first kappa shape index (κ1) is 25.2. The van der Waals surface area contributed by atoms with Gasteiger partial charge in [-0.2, -0.15) is 0 Å². The first-order valence-corrected chi connectivity index (χ1v) is 14.0. The van der Waals surface area contributed by atoms with Crippen molar-refractivity contribution >= 4 is 16.1 Å². The zero-order chi connectivity index (χ0) is 24.4. The molecule has 2 unspecified atom stereocenters. The maximum Gasteiger partial charge on any atom is 0.410 e. The quantitative estimate of drug-likeness (QED) is 0.661. The van der Waals surface area contributed by atoms with Gasteiger partial charge in [-0.25, -0.2) is 17.9 Å². The predicted octanol–water partition coefficient (Wildman–Crippen LogP) is 4.70. The molecule has 2 aliphatic heterocycles. The standard InChI is InChI=1S/C26H38N2O5S/c1-25(2,3)33-24(29)28-17-7-15-26(16-8-18-34(30,31)27-26)23(28)19-32-22-13-11-21(12-14-22)20-9-5-4-6-10-20/h4-6,8-10,18,21-23,27H,7,11-17,19H2,1-3H3. The average Bonchev–Trinajstić information content (AvgIpc) is 2.77. The van der Waals surface area contributed by atoms with Gasteiger partial charge in [-0.15, -0.1) is 0 Å². The van der Waals surface area contributed by atoms with Gasteiger partial charge in [-0.1, -0.05) is 36.4 Å². The highest BCUT2D eigenvalue weighted by Crippen LogP contribution is 2.38. The first-order valence-electron chi connectivity index (χ1n) is 12.4. The van der Waals surface area contributed by atoms with Crippen LogP contribution in [0.5, 0.6) is 0 Å². The number of hydrogen-bond acceptors (Lipinski definition) is 5. The highest BCUT2D eigenvalue weighted by Gasteiger charge is 2.50. The van der Waals surface area contributed by atoms with Crippen molar-refractivity contribution in [2.75, 3.05) is 13.2 Å². The molecule has 7 nitrogen and oxygen atoms in total. The normalized spacial score (nSPS) is 31.4. The van der Waals surface area contributed by atoms with Crippen LogP contribution in [0.4, 0.5) is 4.79 Å². The van der Waals surface area contributed by atoms with Gasteiger partial charge in [0.2, 0.25) is 10.0 Å². The Morgan fingerprint density at radius 2 is 1.85 bits per heavy atom. The van der Waals surface area contributed by atoms with E-state index < -0.39 is 33.3 Å². The zero-order valence-electron chi connectivity index (χ0n) is 20.5. The van der Waals surface area contributed by atoms with Crippen LogP contribution < -0.4 is 4.72 Å². The lowest BCUT2D eigenvalue weighted by Crippen LogP contribution is -2.68. The molecule has 1 aliphatic carbocycles. The third-order valence-electron chi connectivity index (χ3n) is 7.20. The molecule has 0 aromatic heterocycles. The van der Waals surface area contributed by atoms with Gasteiger partial charge < -0.3 is 14.4 Å². The highest BCUT2D eigenvalue weighted by molar-refractivity contribution is 7.92. The van der Waals surface area contributed by atoms with Crippen molar-refractivity contribution in [3.8, 4) is 0 Å². The number of rotatable bonds is 4. The van der Waals surface area contributed by atoms with E-state index in [9.17, 15) is 13.2 Å². The second-order valence-electron chi connectivity index (χ2n) is 10.9. The average molecular weight is 491 g/mol. The van der Waals surface area contributed by atoms with Gasteiger partial charge in [0.25, 0.3) is 0 Å². The minimum Gasteiger partial charge on any atom is -0.444 e. The van der Waals surface area contributed by atoms with E-state index in [-0.39, 0.29) is 12.7 Å². The molecule has 4 rings (SSSR count). The molecule has 1 aromatic rings. The lowest BCUT2D eigenvalue weighted by atomic mass is 9.79. The lowest BCUT2D eigenvalue weighted by Gasteiger charge is -2.50. The van der Waals surface area contributed by atoms with Crippen LogP contribution in [0.2, 0.25) is 0 Å². The number of sulfonamides is 1. The van der Waals surface area contributed by atoms with Crippen molar-refractivity contribution in [1.29, 1.82) is 0 Å². The molecule has 1 saturated carbocycles. The minimum absolute atomic E-state index is 0.107. The van der Waals surface area contributed by atoms with Crippen LogP contribution in [0, 0.1) is 0 Å². The van der Waals surface area contributed by atoms with Crippen LogP contribution in [-0.2, 0) is 19.5 Å². The number of ether oxygens (including phenoxy) is 2. The van der Waals surface area contributed by atoms with Gasteiger partial charge in [0.05, 0.1) is 24.3 Å². The fraction of sp³-hybridized carbons (Fsp3) is 0.654. The number of benzene rings is 1. The number of amides is 1. The smallest absolute Gasteiger partial charge is 0.410 e. The van der Waals surface area contributed by atoms with E-state index in [1.807, 2.05) is 26.8 Å². The number of nitrogens with zero attached hydrogens (tertiary/aromatic N) is 1. The Bertz CT molecular complexity index is 980. The van der Waals surface area contributed by atoms with Gasteiger partial charge in [-0.05, 0) is 77.2 Å². The fourth-order valence-corrected chi connectivity index (χ4v) is 6.90. The van der Waals surface area contributed by atoms with Crippen molar-refractivity contribution in [2.24, 2.45) is 0 Å². The molecular weight excluding hydrogens is 452 g/mol. The van der Waals surface area contributed by atoms with Crippen molar-refractivity contribution in [2.45, 2.75) is 94.9 Å². The molecule has 1 spiro atoms. The summed E-state index contributed by atoms with van der Waals surface area (Å²) in [6, 6.07) is 10.2. The molecule has 1 amide bonds. The molecular formula is C26H38N2O5S. The molecule has 1 aromatic carbocycles. The van der Waals surface area contributed by atoms with E-state index in [1.165, 1.54) is 11.0 Å². The molecule has 8 heteroatoms. The molecule has 2 atom stereocenters. The third-order valence-corrected chi connectivity index (χ3v) is 8.44. The Morgan fingerprint density at radius 1 is 1.15 bits per heavy atom. The van der Waals surface area contributed by atoms with Crippen LogP contribution in [0.3, 0.4) is 0 Å². The molecule has 1 N–H and O–H groups in total. The summed E-state index contributed by atoms with van der Waals surface area (Å²) < 4.78 is 39.9. The number of nitrogens with one attached hydrogen (secondary N) is 1. The van der Waals surface area contributed by atoms with Crippen LogP contribution in [-0.4, -0.2) is 55.8 Å². The van der Waals surface area contributed by atoms with E-state index in [2.05, 4.69) is 29.0 Å². The summed E-state index contributed by atoms with van der Waals surface area (Å²) >= 11 is 0. The van der Waals surface area contributed by atoms with Crippen LogP contribution in [0.15, 0.2) is 41.8 Å². The van der Waals surface area contributed by atoms with Crippen molar-refractivity contribution in [3.05, 3.63) is 47.4 Å². The molecule has 1 saturated heterocycles. The lowest BCUT2D eigenvalue weighted by molar-refractivity contribution is -0.0563. The Labute approximate surface area is 203 Å². The number of carbonyl (C=O) groups excluding carboxylic acids is 1. The summed E-state index contributed by atoms with van der Waals surface area (Å²) in [5, 5.41) is 1.22. The molecule has 188 valence electrons. The second kappa shape index (κ2) is 9.99. The topological polar surface area (TPSA) is 84.9 Å². The van der Waals surface area contributed by atoms with Crippen molar-refractivity contribution in [3.63, 3.8) is 0 Å². The highest BCUT2D eigenvalue weighted by atomic mass is 32.2. The Hall–Kier alpha value is -1.90. The van der Waals surface area contributed by atoms with Gasteiger partial charge >= 0.3 is 6.09 Å². The van der Waals surface area contributed by atoms with E-state index in [0.717, 1.165) is 25.7 Å². The molecule has 3 aliphatic rings. The van der Waals surface area contributed by atoms with Crippen LogP contribution in [0.25, 0.3) is 0 Å². The van der Waals surface area contributed by atoms with E-state index in [0.29, 0.717) is 31.7 Å². The van der Waals surface area contributed by atoms with Gasteiger partial charge in [-0.3, -0.25) is 0 Å². The molecule has 2 heterocycles. The predicted molar refractivity (Wildman–Crippen MR) is 132 cm³/mol. The van der Waals surface area contributed by atoms with Gasteiger partial charge in [0, 0.05) is 12.0 Å². The second-order valence-corrected chi connectivity index (χ2v) is 12.5. The minimum atomic E-state index is -3.55. The van der Waals surface area contributed by atoms with E-state index in [4.69, 9.17) is 9.47 Å². The molecule has 2 fully saturated rings. The molecule has 0 radical (unpaired) electrons. The molecule has 0 bridgehead atoms. The maximum atomic E-state index is 13.1. The maximum absolute atomic E-state index is 13.1.